The minimum absolute atomic E-state index is 0.0731. The van der Waals surface area contributed by atoms with Crippen LogP contribution in [0, 0.1) is 0 Å². The van der Waals surface area contributed by atoms with Crippen LogP contribution in [-0.4, -0.2) is 72.0 Å². The Kier molecular flexibility index (Phi) is 13.9. The van der Waals surface area contributed by atoms with Gasteiger partial charge in [0.2, 0.25) is 0 Å². The minimum Gasteiger partial charge on any atom is -0.460 e. The lowest BCUT2D eigenvalue weighted by Crippen LogP contribution is -2.29. The topological polar surface area (TPSA) is 92.3 Å². The molecule has 8 nitrogen and oxygen atoms in total. The molecule has 0 bridgehead atoms. The number of hydrogen-bond donors (Lipinski definition) is 1. The van der Waals surface area contributed by atoms with Crippen LogP contribution in [-0.2, 0) is 28.5 Å². The standard InChI is InChI=1S/C16H29NO7/c1-13(2)15(18)23-10-7-17-16(19)24-9-6-5-8-22-12-14(21-4)11-20-3/h14H,1,5-12H2,2-4H3,(H,17,19). The van der Waals surface area contributed by atoms with Gasteiger partial charge in [-0.05, 0) is 19.8 Å². The van der Waals surface area contributed by atoms with Crippen LogP contribution in [0.5, 0.6) is 0 Å². The molecule has 1 amide bonds. The summed E-state index contributed by atoms with van der Waals surface area (Å²) in [5.74, 6) is -0.480. The van der Waals surface area contributed by atoms with Crippen LogP contribution in [0.15, 0.2) is 12.2 Å². The Bertz CT molecular complexity index is 373. The molecule has 24 heavy (non-hydrogen) atoms. The summed E-state index contributed by atoms with van der Waals surface area (Å²) in [5.41, 5.74) is 0.318. The number of methoxy groups -OCH3 is 2. The number of unbranched alkanes of at least 4 members (excludes halogenated alkanes) is 1. The van der Waals surface area contributed by atoms with E-state index in [9.17, 15) is 9.59 Å². The molecule has 0 fully saturated rings. The molecule has 140 valence electrons. The predicted molar refractivity (Wildman–Crippen MR) is 87.8 cm³/mol. The summed E-state index contributed by atoms with van der Waals surface area (Å²) in [4.78, 5) is 22.4. The fourth-order valence-corrected chi connectivity index (χ4v) is 1.53. The van der Waals surface area contributed by atoms with Crippen LogP contribution in [0.3, 0.4) is 0 Å². The monoisotopic (exact) mass is 347 g/mol. The van der Waals surface area contributed by atoms with Crippen molar-refractivity contribution in [2.75, 3.05) is 53.8 Å². The third-order valence-electron chi connectivity index (χ3n) is 2.86. The fraction of sp³-hybridized carbons (Fsp3) is 0.750. The van der Waals surface area contributed by atoms with E-state index in [1.807, 2.05) is 0 Å². The third-order valence-corrected chi connectivity index (χ3v) is 2.86. The summed E-state index contributed by atoms with van der Waals surface area (Å²) in [5, 5.41) is 2.49. The zero-order chi connectivity index (χ0) is 18.2. The molecule has 0 saturated carbocycles. The van der Waals surface area contributed by atoms with Crippen molar-refractivity contribution >= 4 is 12.1 Å². The molecule has 8 heteroatoms. The van der Waals surface area contributed by atoms with Crippen LogP contribution in [0.4, 0.5) is 4.79 Å². The smallest absolute Gasteiger partial charge is 0.407 e. The Labute approximate surface area is 143 Å². The van der Waals surface area contributed by atoms with Gasteiger partial charge in [-0.2, -0.15) is 0 Å². The predicted octanol–water partition coefficient (Wildman–Crippen LogP) is 1.29. The van der Waals surface area contributed by atoms with Gasteiger partial charge in [0.1, 0.15) is 12.7 Å². The summed E-state index contributed by atoms with van der Waals surface area (Å²) in [6.07, 6.45) is 0.852. The van der Waals surface area contributed by atoms with E-state index in [0.717, 1.165) is 6.42 Å². The number of carbonyl (C=O) groups excluding carboxylic acids is 2. The second-order valence-electron chi connectivity index (χ2n) is 5.07. The number of rotatable bonds is 14. The van der Waals surface area contributed by atoms with Crippen molar-refractivity contribution in [1.82, 2.24) is 5.32 Å². The number of amides is 1. The van der Waals surface area contributed by atoms with Crippen molar-refractivity contribution in [3.05, 3.63) is 12.2 Å². The van der Waals surface area contributed by atoms with E-state index in [-0.39, 0.29) is 19.3 Å². The quantitative estimate of drug-likeness (QED) is 0.287. The highest BCUT2D eigenvalue weighted by molar-refractivity contribution is 5.86. The SMILES string of the molecule is C=C(C)C(=O)OCCNC(=O)OCCCCOCC(COC)OC. The Hall–Kier alpha value is -1.64. The Balaban J connectivity index is 3.43. The highest BCUT2D eigenvalue weighted by atomic mass is 16.6. The maximum absolute atomic E-state index is 11.4. The number of alkyl carbamates (subject to hydrolysis) is 1. The van der Waals surface area contributed by atoms with Gasteiger partial charge in [0, 0.05) is 26.4 Å². The summed E-state index contributed by atoms with van der Waals surface area (Å²) in [7, 11) is 3.22. The summed E-state index contributed by atoms with van der Waals surface area (Å²) >= 11 is 0. The first-order valence-corrected chi connectivity index (χ1v) is 7.84. The lowest BCUT2D eigenvalue weighted by Gasteiger charge is -2.14. The molecule has 1 atom stereocenters. The normalized spacial score (nSPS) is 11.6. The van der Waals surface area contributed by atoms with Gasteiger partial charge in [-0.1, -0.05) is 6.58 Å². The molecule has 0 aromatic rings. The van der Waals surface area contributed by atoms with Crippen molar-refractivity contribution in [3.8, 4) is 0 Å². The van der Waals surface area contributed by atoms with Crippen molar-refractivity contribution in [1.29, 1.82) is 0 Å². The van der Waals surface area contributed by atoms with Gasteiger partial charge in [-0.3, -0.25) is 0 Å². The second-order valence-corrected chi connectivity index (χ2v) is 5.07. The molecule has 0 aliphatic rings. The van der Waals surface area contributed by atoms with Gasteiger partial charge in [0.05, 0.1) is 26.4 Å². The molecule has 0 heterocycles. The fourth-order valence-electron chi connectivity index (χ4n) is 1.53. The molecule has 0 aromatic carbocycles. The maximum atomic E-state index is 11.4. The molecule has 1 unspecified atom stereocenters. The maximum Gasteiger partial charge on any atom is 0.407 e. The molecule has 0 rings (SSSR count). The average molecular weight is 347 g/mol. The number of carbonyl (C=O) groups is 2. The van der Waals surface area contributed by atoms with E-state index in [0.29, 0.717) is 38.4 Å². The van der Waals surface area contributed by atoms with Crippen molar-refractivity contribution in [3.63, 3.8) is 0 Å². The zero-order valence-electron chi connectivity index (χ0n) is 14.8. The Morgan fingerprint density at radius 2 is 1.75 bits per heavy atom. The first-order chi connectivity index (χ1) is 11.5. The van der Waals surface area contributed by atoms with E-state index in [1.54, 1.807) is 21.1 Å². The first kappa shape index (κ1) is 22.4. The molecular weight excluding hydrogens is 318 g/mol. The van der Waals surface area contributed by atoms with Gasteiger partial charge in [-0.25, -0.2) is 9.59 Å². The van der Waals surface area contributed by atoms with Crippen LogP contribution in [0.1, 0.15) is 19.8 Å². The van der Waals surface area contributed by atoms with E-state index in [1.165, 1.54) is 0 Å². The lowest BCUT2D eigenvalue weighted by atomic mass is 10.3. The number of hydrogen-bond acceptors (Lipinski definition) is 7. The third kappa shape index (κ3) is 12.9. The highest BCUT2D eigenvalue weighted by Gasteiger charge is 2.07. The van der Waals surface area contributed by atoms with E-state index >= 15 is 0 Å². The summed E-state index contributed by atoms with van der Waals surface area (Å²) < 4.78 is 25.4. The van der Waals surface area contributed by atoms with Gasteiger partial charge >= 0.3 is 12.1 Å². The lowest BCUT2D eigenvalue weighted by molar-refractivity contribution is -0.138. The minimum atomic E-state index is -0.540. The van der Waals surface area contributed by atoms with Crippen LogP contribution >= 0.6 is 0 Å². The van der Waals surface area contributed by atoms with Gasteiger partial charge < -0.3 is 29.0 Å². The zero-order valence-corrected chi connectivity index (χ0v) is 14.8. The molecule has 0 spiro atoms. The van der Waals surface area contributed by atoms with Crippen LogP contribution < -0.4 is 5.32 Å². The number of nitrogens with one attached hydrogen (secondary N) is 1. The number of esters is 1. The molecule has 0 saturated heterocycles. The highest BCUT2D eigenvalue weighted by Crippen LogP contribution is 1.96. The largest absolute Gasteiger partial charge is 0.460 e. The van der Waals surface area contributed by atoms with Crippen molar-refractivity contribution in [2.24, 2.45) is 0 Å². The summed E-state index contributed by atoms with van der Waals surface area (Å²) in [6, 6.07) is 0. The van der Waals surface area contributed by atoms with Crippen molar-refractivity contribution in [2.45, 2.75) is 25.9 Å². The first-order valence-electron chi connectivity index (χ1n) is 7.84. The average Bonchev–Trinajstić information content (AvgIpc) is 2.56. The summed E-state index contributed by atoms with van der Waals surface area (Å²) in [6.45, 7) is 7.10. The Morgan fingerprint density at radius 3 is 2.38 bits per heavy atom. The van der Waals surface area contributed by atoms with Crippen LogP contribution in [0.25, 0.3) is 0 Å². The van der Waals surface area contributed by atoms with Crippen LogP contribution in [0.2, 0.25) is 0 Å². The Morgan fingerprint density at radius 1 is 1.04 bits per heavy atom. The van der Waals surface area contributed by atoms with E-state index in [2.05, 4.69) is 11.9 Å². The molecular formula is C16H29NO7. The second kappa shape index (κ2) is 14.9. The van der Waals surface area contributed by atoms with Gasteiger partial charge in [0.15, 0.2) is 0 Å². The molecule has 0 aliphatic heterocycles. The van der Waals surface area contributed by atoms with E-state index < -0.39 is 12.1 Å². The van der Waals surface area contributed by atoms with Gasteiger partial charge in [0.25, 0.3) is 0 Å². The molecule has 0 aliphatic carbocycles. The van der Waals surface area contributed by atoms with Crippen molar-refractivity contribution < 1.29 is 33.3 Å². The molecule has 0 aromatic heterocycles. The van der Waals surface area contributed by atoms with Gasteiger partial charge in [-0.15, -0.1) is 0 Å². The molecule has 1 N–H and O–H groups in total. The number of ether oxygens (including phenoxy) is 5. The van der Waals surface area contributed by atoms with E-state index in [4.69, 9.17) is 23.7 Å². The molecule has 0 radical (unpaired) electrons.